The third-order valence-electron chi connectivity index (χ3n) is 1.46. The molecule has 0 amide bonds. The molecule has 1 heterocycles. The van der Waals surface area contributed by atoms with E-state index in [0.29, 0.717) is 0 Å². The minimum absolute atomic E-state index is 1.21. The molecule has 0 saturated carbocycles. The van der Waals surface area contributed by atoms with Gasteiger partial charge in [0.05, 0.1) is 0 Å². The Balaban J connectivity index is 2.27. The molecule has 0 fully saturated rings. The first-order valence-electron chi connectivity index (χ1n) is 3.14. The average molecular weight is 131 g/mol. The molecule has 0 aliphatic carbocycles. The van der Waals surface area contributed by atoms with Gasteiger partial charge in [-0.25, -0.2) is 11.4 Å². The molecule has 1 rings (SSSR count). The van der Waals surface area contributed by atoms with Gasteiger partial charge in [0.15, 0.2) is 0 Å². The molecule has 0 saturated heterocycles. The van der Waals surface area contributed by atoms with Gasteiger partial charge in [0.2, 0.25) is 0 Å². The lowest BCUT2D eigenvalue weighted by Gasteiger charge is -2.20. The van der Waals surface area contributed by atoms with Gasteiger partial charge < -0.3 is 0 Å². The summed E-state index contributed by atoms with van der Waals surface area (Å²) in [6, 6.07) is 0. The monoisotopic (exact) mass is 131 g/mol. The van der Waals surface area contributed by atoms with E-state index in [1.54, 1.807) is 0 Å². The van der Waals surface area contributed by atoms with Gasteiger partial charge in [0.1, 0.15) is 0 Å². The van der Waals surface area contributed by atoms with Crippen LogP contribution < -0.4 is 0 Å². The Hall–Kier alpha value is 0.180. The summed E-state index contributed by atoms with van der Waals surface area (Å²) < 4.78 is 0. The van der Waals surface area contributed by atoms with Crippen molar-refractivity contribution in [1.29, 1.82) is 0 Å². The molecule has 1 nitrogen and oxygen atoms in total. The molecule has 0 bridgehead atoms. The van der Waals surface area contributed by atoms with Crippen LogP contribution in [0.25, 0.3) is 0 Å². The van der Waals surface area contributed by atoms with Crippen LogP contribution in [0, 0.1) is 0 Å². The predicted octanol–water partition coefficient (Wildman–Crippen LogP) is 0.590. The van der Waals surface area contributed by atoms with Crippen molar-refractivity contribution < 1.29 is 0 Å². The molecule has 1 aliphatic rings. The number of hydrogen-bond acceptors (Lipinski definition) is 1. The Labute approximate surface area is 54.6 Å². The average Bonchev–Trinajstić information content (AvgIpc) is 1.90. The molecule has 0 aromatic carbocycles. The summed E-state index contributed by atoms with van der Waals surface area (Å²) in [5.41, 5.74) is 0. The highest BCUT2D eigenvalue weighted by Gasteiger charge is 2.00. The smallest absolute Gasteiger partial charge is 0.0214 e. The highest BCUT2D eigenvalue weighted by molar-refractivity contribution is 7.97. The zero-order valence-electron chi connectivity index (χ0n) is 5.30. The lowest BCUT2D eigenvalue weighted by atomic mass is 10.5. The summed E-state index contributed by atoms with van der Waals surface area (Å²) in [4.78, 5) is 2.45. The van der Waals surface area contributed by atoms with Crippen LogP contribution in [0.5, 0.6) is 0 Å². The highest BCUT2D eigenvalue weighted by atomic mass is 32.1. The second-order valence-corrected chi connectivity index (χ2v) is 3.16. The summed E-state index contributed by atoms with van der Waals surface area (Å²) in [5, 5.41) is 2.34. The molecule has 0 spiro atoms. The van der Waals surface area contributed by atoms with E-state index >= 15 is 0 Å². The molecule has 0 unspecified atom stereocenters. The van der Waals surface area contributed by atoms with Crippen LogP contribution in [-0.4, -0.2) is 35.7 Å². The molecule has 0 atom stereocenters. The van der Waals surface area contributed by atoms with Crippen LogP contribution >= 0.6 is 11.4 Å². The Morgan fingerprint density at radius 3 is 3.00 bits per heavy atom. The minimum atomic E-state index is 1.21. The molecule has 0 N–H and O–H groups in total. The fourth-order valence-corrected chi connectivity index (χ4v) is 1.77. The maximum Gasteiger partial charge on any atom is 0.0214 e. The van der Waals surface area contributed by atoms with Crippen LogP contribution in [0.15, 0.2) is 0 Å². The molecular weight excluding hydrogens is 118 g/mol. The molecule has 48 valence electrons. The summed E-state index contributed by atoms with van der Waals surface area (Å²) in [5.74, 6) is 1.34. The van der Waals surface area contributed by atoms with E-state index in [1.165, 1.54) is 36.7 Å². The van der Waals surface area contributed by atoms with Gasteiger partial charge >= 0.3 is 0 Å². The quantitative estimate of drug-likeness (QED) is 0.402. The summed E-state index contributed by atoms with van der Waals surface area (Å²) >= 11 is 1.54. The lowest BCUT2D eigenvalue weighted by Crippen LogP contribution is -2.29. The van der Waals surface area contributed by atoms with E-state index < -0.39 is 0 Å². The largest absolute Gasteiger partial charge is 0.299 e. The maximum absolute atomic E-state index is 2.45. The van der Waals surface area contributed by atoms with Crippen molar-refractivity contribution in [3.05, 3.63) is 0 Å². The molecule has 2 heteroatoms. The second kappa shape index (κ2) is 3.25. The number of thiol groups is 1. The van der Waals surface area contributed by atoms with Crippen molar-refractivity contribution >= 4 is 16.7 Å². The van der Waals surface area contributed by atoms with Gasteiger partial charge in [0.25, 0.3) is 0 Å². The van der Waals surface area contributed by atoms with E-state index in [1.807, 2.05) is 0 Å². The van der Waals surface area contributed by atoms with Crippen molar-refractivity contribution in [3.8, 4) is 0 Å². The molecule has 8 heavy (non-hydrogen) atoms. The van der Waals surface area contributed by atoms with Crippen molar-refractivity contribution in [3.63, 3.8) is 0 Å². The van der Waals surface area contributed by atoms with Crippen LogP contribution in [-0.2, 0) is 0 Å². The first-order chi connectivity index (χ1) is 3.93. The van der Waals surface area contributed by atoms with Gasteiger partial charge in [-0.1, -0.05) is 6.92 Å². The third-order valence-corrected chi connectivity index (χ3v) is 2.34. The van der Waals surface area contributed by atoms with Gasteiger partial charge in [-0.15, -0.1) is 0 Å². The Kier molecular flexibility index (Phi) is 2.56. The lowest BCUT2D eigenvalue weighted by molar-refractivity contribution is 0.352. The Morgan fingerprint density at radius 2 is 2.62 bits per heavy atom. The van der Waals surface area contributed by atoms with E-state index in [0.717, 1.165) is 0 Å². The molecule has 1 aliphatic heterocycles. The van der Waals surface area contributed by atoms with Crippen LogP contribution in [0.2, 0.25) is 0 Å². The van der Waals surface area contributed by atoms with E-state index in [4.69, 9.17) is 0 Å². The zero-order chi connectivity index (χ0) is 5.82. The first-order valence-corrected chi connectivity index (χ1v) is 4.29. The SMILES string of the molecule is CCN1CC=[SH]CC1. The van der Waals surface area contributed by atoms with Crippen molar-refractivity contribution in [2.75, 3.05) is 25.4 Å². The van der Waals surface area contributed by atoms with Crippen LogP contribution in [0.1, 0.15) is 6.92 Å². The normalized spacial score (nSPS) is 22.6. The van der Waals surface area contributed by atoms with Crippen LogP contribution in [0.4, 0.5) is 0 Å². The number of nitrogens with zero attached hydrogens (tertiary/aromatic N) is 1. The molecule has 0 radical (unpaired) electrons. The van der Waals surface area contributed by atoms with E-state index in [-0.39, 0.29) is 0 Å². The zero-order valence-corrected chi connectivity index (χ0v) is 6.19. The molecule has 0 aromatic rings. The van der Waals surface area contributed by atoms with Gasteiger partial charge in [-0.2, -0.15) is 0 Å². The summed E-state index contributed by atoms with van der Waals surface area (Å²) in [6.07, 6.45) is 0. The highest BCUT2D eigenvalue weighted by Crippen LogP contribution is 1.96. The van der Waals surface area contributed by atoms with Gasteiger partial charge in [-0.05, 0) is 17.7 Å². The maximum atomic E-state index is 2.45. The summed E-state index contributed by atoms with van der Waals surface area (Å²) in [6.45, 7) is 5.94. The molecular formula is C6H13NS. The first kappa shape index (κ1) is 6.30. The number of hydrogen-bond donors (Lipinski definition) is 1. The van der Waals surface area contributed by atoms with Gasteiger partial charge in [-0.3, -0.25) is 4.90 Å². The Bertz CT molecular complexity index is 90.5. The fourth-order valence-electron chi connectivity index (χ4n) is 0.842. The van der Waals surface area contributed by atoms with Crippen molar-refractivity contribution in [1.82, 2.24) is 4.90 Å². The minimum Gasteiger partial charge on any atom is -0.299 e. The van der Waals surface area contributed by atoms with Crippen LogP contribution in [0.3, 0.4) is 0 Å². The summed E-state index contributed by atoms with van der Waals surface area (Å²) in [7, 11) is 0. The second-order valence-electron chi connectivity index (χ2n) is 1.98. The van der Waals surface area contributed by atoms with E-state index in [2.05, 4.69) is 17.2 Å². The van der Waals surface area contributed by atoms with E-state index in [9.17, 15) is 0 Å². The van der Waals surface area contributed by atoms with Crippen molar-refractivity contribution in [2.24, 2.45) is 0 Å². The third kappa shape index (κ3) is 1.60. The Morgan fingerprint density at radius 1 is 1.75 bits per heavy atom. The fraction of sp³-hybridized carbons (Fsp3) is 0.833. The standard InChI is InChI=1S/C6H13NS/c1-2-7-3-5-8-6-4-7/h5,8H,2-4,6H2,1H3. The van der Waals surface area contributed by atoms with Crippen molar-refractivity contribution in [2.45, 2.75) is 6.92 Å². The molecule has 0 aromatic heterocycles. The van der Waals surface area contributed by atoms with Gasteiger partial charge in [0, 0.05) is 13.1 Å². The number of rotatable bonds is 1. The predicted molar refractivity (Wildman–Crippen MR) is 42.0 cm³/mol. The topological polar surface area (TPSA) is 3.24 Å².